The lowest BCUT2D eigenvalue weighted by molar-refractivity contribution is -0.359. The molecule has 2 fully saturated rings. The Balaban J connectivity index is 1.50. The number of rotatable bonds is 49. The molecule has 0 saturated carbocycles. The van der Waals surface area contributed by atoms with E-state index in [2.05, 4.69) is 67.8 Å². The summed E-state index contributed by atoms with van der Waals surface area (Å²) >= 11 is 0. The molecule has 77 heavy (non-hydrogen) atoms. The Hall–Kier alpha value is -2.31. The second kappa shape index (κ2) is 48.4. The molecular weight excluding hydrogens is 979 g/mol. The molecule has 2 aliphatic heterocycles. The van der Waals surface area contributed by atoms with E-state index in [1.807, 2.05) is 6.08 Å². The first-order valence-electron chi connectivity index (χ1n) is 31.0. The van der Waals surface area contributed by atoms with Crippen LogP contribution in [0.4, 0.5) is 0 Å². The minimum Gasteiger partial charge on any atom is -0.394 e. The first kappa shape index (κ1) is 70.8. The highest BCUT2D eigenvalue weighted by molar-refractivity contribution is 5.76. The fourth-order valence-electron chi connectivity index (χ4n) is 9.99. The van der Waals surface area contributed by atoms with Crippen LogP contribution in [0.5, 0.6) is 0 Å². The summed E-state index contributed by atoms with van der Waals surface area (Å²) in [5.74, 6) is -0.243. The average molecular weight is 1090 g/mol. The van der Waals surface area contributed by atoms with Crippen molar-refractivity contribution >= 4 is 5.91 Å². The molecule has 0 aliphatic carbocycles. The van der Waals surface area contributed by atoms with E-state index in [1.54, 1.807) is 6.08 Å². The van der Waals surface area contributed by atoms with Crippen LogP contribution >= 0.6 is 0 Å². The van der Waals surface area contributed by atoms with Crippen molar-refractivity contribution in [2.75, 3.05) is 19.8 Å². The molecule has 14 heteroatoms. The van der Waals surface area contributed by atoms with Gasteiger partial charge in [-0.05, 0) is 57.8 Å². The number of aliphatic hydroxyl groups excluding tert-OH is 8. The topological polar surface area (TPSA) is 228 Å². The Kier molecular flexibility index (Phi) is 44.5. The smallest absolute Gasteiger partial charge is 0.220 e. The van der Waals surface area contributed by atoms with Gasteiger partial charge in [-0.3, -0.25) is 4.79 Å². The van der Waals surface area contributed by atoms with E-state index in [4.69, 9.17) is 18.9 Å². The molecule has 0 aromatic rings. The number of nitrogens with one attached hydrogen (secondary N) is 1. The molecule has 0 radical (unpaired) electrons. The Labute approximate surface area is 466 Å². The lowest BCUT2D eigenvalue weighted by atomic mass is 9.97. The predicted molar refractivity (Wildman–Crippen MR) is 309 cm³/mol. The van der Waals surface area contributed by atoms with Crippen LogP contribution in [0.3, 0.4) is 0 Å². The molecule has 2 saturated heterocycles. The molecule has 14 nitrogen and oxygen atoms in total. The molecule has 0 bridgehead atoms. The second-order valence-corrected chi connectivity index (χ2v) is 21.8. The number of hydrogen-bond acceptors (Lipinski definition) is 13. The van der Waals surface area contributed by atoms with Crippen molar-refractivity contribution in [3.63, 3.8) is 0 Å². The standard InChI is InChI=1S/C63H113NO13/c1-3-5-7-9-11-12-13-14-15-16-17-18-19-20-21-22-23-24-25-26-27-28-29-30-31-32-33-34-35-36-37-38-39-40-41-43-45-47-55(68)64-51(52(67)46-44-42-10-8-6-4-2)50-74-62-60(73)58(71)61(54(49-66)76-62)77-63-59(72)57(70)56(69)53(48-65)75-63/h5,7,11-12,14-15,17-18,44,46,51-54,56-63,65-67,69-73H,3-4,6,8-10,13,16,19-43,45,47-50H2,1-2H3,(H,64,68)/b7-5-,12-11-,15-14-,18-17-,46-44+. The summed E-state index contributed by atoms with van der Waals surface area (Å²) in [6.45, 7) is 2.59. The largest absolute Gasteiger partial charge is 0.394 e. The number of allylic oxidation sites excluding steroid dienone is 9. The normalized spacial score (nSPS) is 25.1. The van der Waals surface area contributed by atoms with Crippen LogP contribution in [0.2, 0.25) is 0 Å². The molecule has 0 aromatic heterocycles. The van der Waals surface area contributed by atoms with Crippen LogP contribution in [0, 0.1) is 0 Å². The first-order chi connectivity index (χ1) is 37.6. The number of amides is 1. The van der Waals surface area contributed by atoms with Crippen molar-refractivity contribution in [1.29, 1.82) is 0 Å². The van der Waals surface area contributed by atoms with Gasteiger partial charge in [-0.25, -0.2) is 0 Å². The molecule has 0 spiro atoms. The van der Waals surface area contributed by atoms with Crippen LogP contribution in [0.1, 0.15) is 239 Å². The van der Waals surface area contributed by atoms with Crippen molar-refractivity contribution in [3.05, 3.63) is 60.8 Å². The van der Waals surface area contributed by atoms with Crippen molar-refractivity contribution in [2.24, 2.45) is 0 Å². The minimum atomic E-state index is -1.79. The Morgan fingerprint density at radius 1 is 0.481 bits per heavy atom. The van der Waals surface area contributed by atoms with E-state index in [0.29, 0.717) is 6.42 Å². The van der Waals surface area contributed by atoms with Crippen molar-refractivity contribution in [3.8, 4) is 0 Å². The number of unbranched alkanes of at least 4 members (excludes halogenated alkanes) is 28. The molecule has 2 heterocycles. The summed E-state index contributed by atoms with van der Waals surface area (Å²) < 4.78 is 22.6. The fraction of sp³-hybridized carbons (Fsp3) is 0.825. The van der Waals surface area contributed by atoms with Gasteiger partial charge in [-0.1, -0.05) is 235 Å². The molecule has 448 valence electrons. The Morgan fingerprint density at radius 2 is 0.896 bits per heavy atom. The van der Waals surface area contributed by atoms with Gasteiger partial charge in [-0.15, -0.1) is 0 Å². The average Bonchev–Trinajstić information content (AvgIpc) is 3.43. The van der Waals surface area contributed by atoms with Gasteiger partial charge < -0.3 is 65.1 Å². The SMILES string of the molecule is CC/C=C\C/C=C\C/C=C\C/C=C\CCCCCCCCCCCCCCCCCCCCCCCCCCC(=O)NC(COC1OC(CO)C(OC2OC(CO)C(O)C(O)C2O)C(O)C1O)C(O)/C=C/CCCCCC. The van der Waals surface area contributed by atoms with Crippen molar-refractivity contribution in [1.82, 2.24) is 5.32 Å². The monoisotopic (exact) mass is 1090 g/mol. The summed E-state index contributed by atoms with van der Waals surface area (Å²) in [6.07, 6.45) is 46.4. The van der Waals surface area contributed by atoms with Gasteiger partial charge in [0.05, 0.1) is 32.0 Å². The van der Waals surface area contributed by atoms with Crippen molar-refractivity contribution in [2.45, 2.75) is 312 Å². The Morgan fingerprint density at radius 3 is 1.38 bits per heavy atom. The number of carbonyl (C=O) groups excluding carboxylic acids is 1. The van der Waals surface area contributed by atoms with Gasteiger partial charge in [0.15, 0.2) is 12.6 Å². The third-order valence-corrected chi connectivity index (χ3v) is 15.0. The summed E-state index contributed by atoms with van der Waals surface area (Å²) in [7, 11) is 0. The summed E-state index contributed by atoms with van der Waals surface area (Å²) in [5, 5.41) is 86.5. The zero-order valence-corrected chi connectivity index (χ0v) is 48.2. The van der Waals surface area contributed by atoms with E-state index in [-0.39, 0.29) is 18.9 Å². The maximum absolute atomic E-state index is 13.1. The van der Waals surface area contributed by atoms with Gasteiger partial charge in [0, 0.05) is 6.42 Å². The van der Waals surface area contributed by atoms with Gasteiger partial charge in [-0.2, -0.15) is 0 Å². The van der Waals surface area contributed by atoms with Gasteiger partial charge in [0.25, 0.3) is 0 Å². The quantitative estimate of drug-likeness (QED) is 0.0204. The highest BCUT2D eigenvalue weighted by atomic mass is 16.7. The summed E-state index contributed by atoms with van der Waals surface area (Å²) in [6, 6.07) is -0.910. The number of aliphatic hydroxyl groups is 8. The van der Waals surface area contributed by atoms with E-state index >= 15 is 0 Å². The lowest BCUT2D eigenvalue weighted by Gasteiger charge is -2.46. The van der Waals surface area contributed by atoms with E-state index in [0.717, 1.165) is 77.0 Å². The molecule has 2 rings (SSSR count). The zero-order valence-electron chi connectivity index (χ0n) is 48.2. The number of ether oxygens (including phenoxy) is 4. The maximum atomic E-state index is 13.1. The highest BCUT2D eigenvalue weighted by Crippen LogP contribution is 2.30. The first-order valence-corrected chi connectivity index (χ1v) is 31.0. The van der Waals surface area contributed by atoms with Crippen LogP contribution in [0.15, 0.2) is 60.8 Å². The molecule has 1 amide bonds. The van der Waals surface area contributed by atoms with E-state index in [9.17, 15) is 45.6 Å². The third-order valence-electron chi connectivity index (χ3n) is 15.0. The summed E-state index contributed by atoms with van der Waals surface area (Å²) in [4.78, 5) is 13.1. The van der Waals surface area contributed by atoms with E-state index in [1.165, 1.54) is 135 Å². The minimum absolute atomic E-state index is 0.243. The number of carbonyl (C=O) groups is 1. The lowest BCUT2D eigenvalue weighted by Crippen LogP contribution is -2.65. The Bertz CT molecular complexity index is 1520. The third kappa shape index (κ3) is 33.9. The molecular formula is C63H113NO13. The van der Waals surface area contributed by atoms with Gasteiger partial charge in [0.2, 0.25) is 5.91 Å². The molecule has 0 aromatic carbocycles. The predicted octanol–water partition coefficient (Wildman–Crippen LogP) is 10.9. The van der Waals surface area contributed by atoms with Crippen LogP contribution < -0.4 is 5.32 Å². The van der Waals surface area contributed by atoms with E-state index < -0.39 is 86.8 Å². The van der Waals surface area contributed by atoms with Crippen LogP contribution in [-0.2, 0) is 23.7 Å². The van der Waals surface area contributed by atoms with Crippen LogP contribution in [-0.4, -0.2) is 140 Å². The maximum Gasteiger partial charge on any atom is 0.220 e. The number of hydrogen-bond donors (Lipinski definition) is 9. The summed E-state index contributed by atoms with van der Waals surface area (Å²) in [5.41, 5.74) is 0. The highest BCUT2D eigenvalue weighted by Gasteiger charge is 2.51. The van der Waals surface area contributed by atoms with Gasteiger partial charge >= 0.3 is 0 Å². The molecule has 12 unspecified atom stereocenters. The van der Waals surface area contributed by atoms with Gasteiger partial charge in [0.1, 0.15) is 48.8 Å². The van der Waals surface area contributed by atoms with Crippen LogP contribution in [0.25, 0.3) is 0 Å². The molecule has 9 N–H and O–H groups in total. The fourth-order valence-corrected chi connectivity index (χ4v) is 9.99. The zero-order chi connectivity index (χ0) is 56.0. The second-order valence-electron chi connectivity index (χ2n) is 21.8. The van der Waals surface area contributed by atoms with Crippen molar-refractivity contribution < 1.29 is 64.6 Å². The molecule has 12 atom stereocenters. The molecule has 2 aliphatic rings.